The number of aromatic nitrogens is 2. The van der Waals surface area contributed by atoms with E-state index < -0.39 is 24.0 Å². The highest BCUT2D eigenvalue weighted by Crippen LogP contribution is 2.33. The van der Waals surface area contributed by atoms with Crippen molar-refractivity contribution >= 4 is 11.0 Å². The van der Waals surface area contributed by atoms with Gasteiger partial charge in [-0.25, -0.2) is 9.37 Å². The smallest absolute Gasteiger partial charge is 0.406 e. The van der Waals surface area contributed by atoms with Gasteiger partial charge in [-0.2, -0.15) is 0 Å². The van der Waals surface area contributed by atoms with Crippen LogP contribution in [0.15, 0.2) is 42.5 Å². The van der Waals surface area contributed by atoms with E-state index in [9.17, 15) is 17.6 Å². The number of aromatic amines is 1. The number of halogens is 4. The first-order valence-electron chi connectivity index (χ1n) is 8.71. The van der Waals surface area contributed by atoms with Crippen LogP contribution in [0.5, 0.6) is 5.75 Å². The minimum Gasteiger partial charge on any atom is -0.406 e. The maximum absolute atomic E-state index is 14.5. The zero-order chi connectivity index (χ0) is 19.7. The van der Waals surface area contributed by atoms with Gasteiger partial charge in [0.15, 0.2) is 0 Å². The number of fused-ring (bicyclic) bond motifs is 1. The highest BCUT2D eigenvalue weighted by molar-refractivity contribution is 5.74. The van der Waals surface area contributed by atoms with Crippen molar-refractivity contribution in [1.29, 1.82) is 0 Å². The second kappa shape index (κ2) is 7.40. The summed E-state index contributed by atoms with van der Waals surface area (Å²) < 4.78 is 62.1. The summed E-state index contributed by atoms with van der Waals surface area (Å²) in [5.41, 5.74) is 1.30. The molecule has 1 saturated heterocycles. The van der Waals surface area contributed by atoms with Gasteiger partial charge in [0.05, 0.1) is 17.6 Å². The zero-order valence-corrected chi connectivity index (χ0v) is 14.6. The molecule has 0 bridgehead atoms. The van der Waals surface area contributed by atoms with Crippen molar-refractivity contribution in [2.24, 2.45) is 5.92 Å². The van der Waals surface area contributed by atoms with Crippen molar-refractivity contribution in [3.8, 4) is 5.75 Å². The first-order valence-corrected chi connectivity index (χ1v) is 8.71. The molecule has 2 N–H and O–H groups in total. The van der Waals surface area contributed by atoms with E-state index in [-0.39, 0.29) is 11.5 Å². The van der Waals surface area contributed by atoms with Gasteiger partial charge < -0.3 is 19.8 Å². The van der Waals surface area contributed by atoms with Crippen LogP contribution in [0.1, 0.15) is 17.5 Å². The number of hydrogen-bond donors (Lipinski definition) is 2. The average molecular weight is 395 g/mol. The molecule has 0 amide bonds. The summed E-state index contributed by atoms with van der Waals surface area (Å²) in [5, 5.41) is 3.11. The number of imidazole rings is 1. The summed E-state index contributed by atoms with van der Waals surface area (Å²) in [6, 6.07) is 10.1. The molecular weight excluding hydrogens is 378 g/mol. The van der Waals surface area contributed by atoms with Gasteiger partial charge in [-0.3, -0.25) is 0 Å². The second-order valence-corrected chi connectivity index (χ2v) is 6.61. The fraction of sp³-hybridized carbons (Fsp3) is 0.316. The van der Waals surface area contributed by atoms with Crippen molar-refractivity contribution in [3.05, 3.63) is 59.7 Å². The molecule has 0 aliphatic carbocycles. The van der Waals surface area contributed by atoms with Gasteiger partial charge in [0, 0.05) is 24.6 Å². The average Bonchev–Trinajstić information content (AvgIpc) is 3.01. The molecule has 1 aliphatic heterocycles. The van der Waals surface area contributed by atoms with Crippen LogP contribution in [-0.2, 0) is 4.74 Å². The summed E-state index contributed by atoms with van der Waals surface area (Å²) in [7, 11) is 0. The topological polar surface area (TPSA) is 59.2 Å². The summed E-state index contributed by atoms with van der Waals surface area (Å²) >= 11 is 0. The fourth-order valence-corrected chi connectivity index (χ4v) is 3.03. The molecule has 1 aliphatic rings. The molecule has 1 aromatic heterocycles. The van der Waals surface area contributed by atoms with Crippen molar-refractivity contribution in [2.75, 3.05) is 19.7 Å². The van der Waals surface area contributed by atoms with Crippen LogP contribution < -0.4 is 10.1 Å². The Hall–Kier alpha value is -2.65. The normalized spacial score (nSPS) is 16.1. The Morgan fingerprint density at radius 2 is 1.93 bits per heavy atom. The second-order valence-electron chi connectivity index (χ2n) is 6.61. The van der Waals surface area contributed by atoms with E-state index in [4.69, 9.17) is 4.74 Å². The lowest BCUT2D eigenvalue weighted by atomic mass is 10.0. The molecule has 0 radical (unpaired) electrons. The SMILES string of the molecule is Fc1ccc(OC(F)(F)F)cc1C(OCC1CNC1)c1nc2ccccc2[nH]1. The predicted molar refractivity (Wildman–Crippen MR) is 93.3 cm³/mol. The van der Waals surface area contributed by atoms with Gasteiger partial charge in [-0.1, -0.05) is 12.1 Å². The van der Waals surface area contributed by atoms with E-state index in [2.05, 4.69) is 20.0 Å². The fourth-order valence-electron chi connectivity index (χ4n) is 3.03. The van der Waals surface area contributed by atoms with Crippen LogP contribution in [0.25, 0.3) is 11.0 Å². The molecule has 0 saturated carbocycles. The molecule has 1 atom stereocenters. The predicted octanol–water partition coefficient (Wildman–Crippen LogP) is 3.93. The molecule has 2 heterocycles. The third-order valence-electron chi connectivity index (χ3n) is 4.50. The highest BCUT2D eigenvalue weighted by Gasteiger charge is 2.32. The number of H-pyrrole nitrogens is 1. The Morgan fingerprint density at radius 1 is 1.14 bits per heavy atom. The lowest BCUT2D eigenvalue weighted by Crippen LogP contribution is -2.44. The maximum Gasteiger partial charge on any atom is 0.573 e. The molecule has 0 spiro atoms. The van der Waals surface area contributed by atoms with E-state index in [0.29, 0.717) is 17.9 Å². The van der Waals surface area contributed by atoms with Gasteiger partial charge in [0.1, 0.15) is 23.5 Å². The van der Waals surface area contributed by atoms with E-state index in [0.717, 1.165) is 36.8 Å². The molecule has 5 nitrogen and oxygen atoms in total. The minimum atomic E-state index is -4.87. The Kier molecular flexibility index (Phi) is 4.94. The number of nitrogens with one attached hydrogen (secondary N) is 2. The summed E-state index contributed by atoms with van der Waals surface area (Å²) in [6.07, 6.45) is -5.87. The molecule has 4 rings (SSSR count). The van der Waals surface area contributed by atoms with Crippen molar-refractivity contribution in [2.45, 2.75) is 12.5 Å². The molecular formula is C19H17F4N3O2. The van der Waals surface area contributed by atoms with Crippen LogP contribution in [-0.4, -0.2) is 36.0 Å². The lowest BCUT2D eigenvalue weighted by molar-refractivity contribution is -0.274. The van der Waals surface area contributed by atoms with E-state index in [1.807, 2.05) is 6.07 Å². The Morgan fingerprint density at radius 3 is 2.61 bits per heavy atom. The molecule has 1 unspecified atom stereocenters. The molecule has 3 aromatic rings. The standard InChI is InChI=1S/C19H17F4N3O2/c20-14-6-5-12(28-19(21,22)23)7-13(14)17(27-10-11-8-24-9-11)18-25-15-3-1-2-4-16(15)26-18/h1-7,11,17,24H,8-10H2,(H,25,26). The van der Waals surface area contributed by atoms with Crippen LogP contribution in [0.2, 0.25) is 0 Å². The van der Waals surface area contributed by atoms with Gasteiger partial charge in [-0.05, 0) is 30.3 Å². The summed E-state index contributed by atoms with van der Waals surface area (Å²) in [5.74, 6) is -0.647. The van der Waals surface area contributed by atoms with Crippen LogP contribution in [0.3, 0.4) is 0 Å². The number of para-hydroxylation sites is 2. The zero-order valence-electron chi connectivity index (χ0n) is 14.6. The summed E-state index contributed by atoms with van der Waals surface area (Å²) in [6.45, 7) is 1.86. The maximum atomic E-state index is 14.5. The monoisotopic (exact) mass is 395 g/mol. The van der Waals surface area contributed by atoms with Crippen LogP contribution in [0, 0.1) is 11.7 Å². The van der Waals surface area contributed by atoms with Gasteiger partial charge in [0.25, 0.3) is 0 Å². The third kappa shape index (κ3) is 4.10. The van der Waals surface area contributed by atoms with Gasteiger partial charge in [0.2, 0.25) is 0 Å². The van der Waals surface area contributed by atoms with Crippen molar-refractivity contribution in [1.82, 2.24) is 15.3 Å². The lowest BCUT2D eigenvalue weighted by Gasteiger charge is -2.28. The van der Waals surface area contributed by atoms with Gasteiger partial charge in [-0.15, -0.1) is 13.2 Å². The van der Waals surface area contributed by atoms with Crippen molar-refractivity contribution < 1.29 is 27.0 Å². The molecule has 1 fully saturated rings. The minimum absolute atomic E-state index is 0.0758. The Balaban J connectivity index is 1.70. The molecule has 9 heteroatoms. The van der Waals surface area contributed by atoms with E-state index in [1.54, 1.807) is 18.2 Å². The molecule has 28 heavy (non-hydrogen) atoms. The third-order valence-corrected chi connectivity index (χ3v) is 4.50. The van der Waals surface area contributed by atoms with Gasteiger partial charge >= 0.3 is 6.36 Å². The number of alkyl halides is 3. The Bertz CT molecular complexity index is 936. The quantitative estimate of drug-likeness (QED) is 0.621. The van der Waals surface area contributed by atoms with E-state index in [1.165, 1.54) is 0 Å². The number of ether oxygens (including phenoxy) is 2. The van der Waals surface area contributed by atoms with Crippen LogP contribution >= 0.6 is 0 Å². The number of nitrogens with zero attached hydrogens (tertiary/aromatic N) is 1. The molecule has 148 valence electrons. The number of rotatable bonds is 6. The highest BCUT2D eigenvalue weighted by atomic mass is 19.4. The molecule has 2 aromatic carbocycles. The van der Waals surface area contributed by atoms with Crippen LogP contribution in [0.4, 0.5) is 17.6 Å². The first-order chi connectivity index (χ1) is 13.4. The Labute approximate surface area is 157 Å². The summed E-state index contributed by atoms with van der Waals surface area (Å²) in [4.78, 5) is 7.50. The largest absolute Gasteiger partial charge is 0.573 e. The number of benzene rings is 2. The van der Waals surface area contributed by atoms with E-state index >= 15 is 0 Å². The first kappa shape index (κ1) is 18.7. The number of hydrogen-bond acceptors (Lipinski definition) is 4. The van der Waals surface area contributed by atoms with Crippen molar-refractivity contribution in [3.63, 3.8) is 0 Å².